The lowest BCUT2D eigenvalue weighted by Crippen LogP contribution is -2.46. The number of allylic oxidation sites excluding steroid dienone is 10. The topological polar surface area (TPSA) is 105 Å². The minimum absolute atomic E-state index is 0.0562. The van der Waals surface area contributed by atoms with Gasteiger partial charge in [-0.1, -0.05) is 139 Å². The third-order valence-electron chi connectivity index (χ3n) is 8.99. The second kappa shape index (κ2) is 35.9. The highest BCUT2D eigenvalue weighted by molar-refractivity contribution is 7.47. The van der Waals surface area contributed by atoms with E-state index in [1.54, 1.807) is 0 Å². The first kappa shape index (κ1) is 51.2. The van der Waals surface area contributed by atoms with Crippen molar-refractivity contribution in [3.8, 4) is 0 Å². The van der Waals surface area contributed by atoms with Gasteiger partial charge in [0.2, 0.25) is 5.91 Å². The van der Waals surface area contributed by atoms with Crippen LogP contribution in [-0.2, 0) is 18.4 Å². The normalized spacial score (nSPS) is 15.1. The number of likely N-dealkylation sites (N-methyl/N-ethyl adjacent to an activating group) is 1. The number of aliphatic hydroxyl groups excluding tert-OH is 1. The molecule has 0 radical (unpaired) electrons. The number of hydrogen-bond donors (Lipinski definition) is 3. The second-order valence-electron chi connectivity index (χ2n) is 15.4. The first-order valence-corrected chi connectivity index (χ1v) is 22.6. The molecular formula is C44H82N2O6P+. The van der Waals surface area contributed by atoms with Gasteiger partial charge in [0.25, 0.3) is 0 Å². The van der Waals surface area contributed by atoms with Crippen LogP contribution in [0.1, 0.15) is 162 Å². The van der Waals surface area contributed by atoms with Crippen molar-refractivity contribution < 1.29 is 32.9 Å². The summed E-state index contributed by atoms with van der Waals surface area (Å²) in [5.41, 5.74) is 0. The van der Waals surface area contributed by atoms with E-state index < -0.39 is 20.0 Å². The predicted octanol–water partition coefficient (Wildman–Crippen LogP) is 11.5. The van der Waals surface area contributed by atoms with Crippen LogP contribution in [0.4, 0.5) is 0 Å². The Balaban J connectivity index is 4.48. The van der Waals surface area contributed by atoms with Crippen molar-refractivity contribution in [2.75, 3.05) is 40.9 Å². The number of quaternary nitrogens is 1. The zero-order valence-electron chi connectivity index (χ0n) is 34.7. The maximum Gasteiger partial charge on any atom is 0.472 e. The zero-order valence-corrected chi connectivity index (χ0v) is 35.6. The summed E-state index contributed by atoms with van der Waals surface area (Å²) in [6.07, 6.45) is 45.5. The molecule has 0 saturated heterocycles. The number of amides is 1. The van der Waals surface area contributed by atoms with Gasteiger partial charge in [-0.3, -0.25) is 13.8 Å². The fourth-order valence-corrected chi connectivity index (χ4v) is 6.30. The fourth-order valence-electron chi connectivity index (χ4n) is 5.56. The van der Waals surface area contributed by atoms with E-state index in [4.69, 9.17) is 9.05 Å². The summed E-state index contributed by atoms with van der Waals surface area (Å²) in [5, 5.41) is 13.8. The van der Waals surface area contributed by atoms with E-state index in [9.17, 15) is 19.4 Å². The summed E-state index contributed by atoms with van der Waals surface area (Å²) in [5.74, 6) is -0.213. The number of carbonyl (C=O) groups excluding carboxylic acids is 1. The molecule has 1 unspecified atom stereocenters. The van der Waals surface area contributed by atoms with Gasteiger partial charge in [0.1, 0.15) is 13.2 Å². The molecule has 0 aliphatic heterocycles. The Morgan fingerprint density at radius 2 is 1.08 bits per heavy atom. The Bertz CT molecular complexity index is 1050. The van der Waals surface area contributed by atoms with Crippen LogP contribution in [-0.4, -0.2) is 73.4 Å². The molecule has 0 aromatic heterocycles. The van der Waals surface area contributed by atoms with Crippen LogP contribution >= 0.6 is 7.82 Å². The van der Waals surface area contributed by atoms with E-state index in [2.05, 4.69) is 79.9 Å². The molecule has 0 bridgehead atoms. The maximum absolute atomic E-state index is 12.8. The molecule has 53 heavy (non-hydrogen) atoms. The van der Waals surface area contributed by atoms with E-state index in [1.807, 2.05) is 21.1 Å². The molecule has 0 aliphatic carbocycles. The molecule has 0 aliphatic rings. The molecule has 0 saturated carbocycles. The Hall–Kier alpha value is -1.80. The number of phosphoric acid groups is 1. The van der Waals surface area contributed by atoms with Crippen LogP contribution < -0.4 is 5.32 Å². The summed E-state index contributed by atoms with van der Waals surface area (Å²) in [4.78, 5) is 23.0. The van der Waals surface area contributed by atoms with Crippen molar-refractivity contribution in [3.05, 3.63) is 60.8 Å². The summed E-state index contributed by atoms with van der Waals surface area (Å²) in [6, 6.07) is -0.806. The molecule has 9 heteroatoms. The van der Waals surface area contributed by atoms with Gasteiger partial charge in [-0.05, 0) is 77.0 Å². The molecule has 0 aromatic rings. The van der Waals surface area contributed by atoms with Gasteiger partial charge in [-0.15, -0.1) is 0 Å². The molecule has 3 atom stereocenters. The highest BCUT2D eigenvalue weighted by Gasteiger charge is 2.28. The number of rotatable bonds is 37. The molecule has 3 N–H and O–H groups in total. The van der Waals surface area contributed by atoms with Crippen LogP contribution in [0, 0.1) is 0 Å². The van der Waals surface area contributed by atoms with Gasteiger partial charge in [0.15, 0.2) is 0 Å². The molecule has 0 heterocycles. The van der Waals surface area contributed by atoms with Crippen molar-refractivity contribution in [3.63, 3.8) is 0 Å². The van der Waals surface area contributed by atoms with Crippen molar-refractivity contribution in [2.45, 2.75) is 174 Å². The number of nitrogens with zero attached hydrogens (tertiary/aromatic N) is 1. The maximum atomic E-state index is 12.8. The fraction of sp³-hybridized carbons (Fsp3) is 0.750. The SMILES string of the molecule is CCCCCC/C=C/CCCC[C@@H](O)[C@H](COP(=O)(O)OCC[N+](C)(C)C)NC(=O)CCC/C=C/C/C=C/C/C=C/C/C=C/CCCCCCCCC. The molecule has 0 rings (SSSR count). The summed E-state index contributed by atoms with van der Waals surface area (Å²) < 4.78 is 23.5. The van der Waals surface area contributed by atoms with Crippen molar-refractivity contribution in [1.29, 1.82) is 0 Å². The number of nitrogens with one attached hydrogen (secondary N) is 1. The molecule has 8 nitrogen and oxygen atoms in total. The van der Waals surface area contributed by atoms with Crippen LogP contribution in [0.25, 0.3) is 0 Å². The number of phosphoric ester groups is 1. The van der Waals surface area contributed by atoms with E-state index in [1.165, 1.54) is 77.0 Å². The third-order valence-corrected chi connectivity index (χ3v) is 9.97. The zero-order chi connectivity index (χ0) is 39.3. The van der Waals surface area contributed by atoms with Gasteiger partial charge in [-0.25, -0.2) is 4.57 Å². The Labute approximate surface area is 326 Å². The van der Waals surface area contributed by atoms with Crippen molar-refractivity contribution in [1.82, 2.24) is 5.32 Å². The first-order chi connectivity index (χ1) is 25.5. The Morgan fingerprint density at radius 1 is 0.642 bits per heavy atom. The lowest BCUT2D eigenvalue weighted by Gasteiger charge is -2.26. The third kappa shape index (κ3) is 38.3. The van der Waals surface area contributed by atoms with E-state index in [-0.39, 0.29) is 19.1 Å². The molecule has 308 valence electrons. The quantitative estimate of drug-likeness (QED) is 0.0252. The minimum Gasteiger partial charge on any atom is -0.391 e. The summed E-state index contributed by atoms with van der Waals surface area (Å²) >= 11 is 0. The minimum atomic E-state index is -4.33. The predicted molar refractivity (Wildman–Crippen MR) is 226 cm³/mol. The molecule has 0 aromatic carbocycles. The summed E-state index contributed by atoms with van der Waals surface area (Å²) in [6.45, 7) is 4.76. The van der Waals surface area contributed by atoms with E-state index in [0.717, 1.165) is 51.4 Å². The van der Waals surface area contributed by atoms with E-state index >= 15 is 0 Å². The highest BCUT2D eigenvalue weighted by Crippen LogP contribution is 2.43. The Kier molecular flexibility index (Phi) is 34.7. The number of aliphatic hydroxyl groups is 1. The second-order valence-corrected chi connectivity index (χ2v) is 16.8. The molecule has 0 fully saturated rings. The van der Waals surface area contributed by atoms with Gasteiger partial charge in [0.05, 0.1) is 39.9 Å². The lowest BCUT2D eigenvalue weighted by atomic mass is 10.0. The van der Waals surface area contributed by atoms with Gasteiger partial charge in [0, 0.05) is 6.42 Å². The van der Waals surface area contributed by atoms with Crippen LogP contribution in [0.2, 0.25) is 0 Å². The van der Waals surface area contributed by atoms with Gasteiger partial charge >= 0.3 is 7.82 Å². The number of unbranched alkanes of at least 4 members (excludes halogenated alkanes) is 14. The van der Waals surface area contributed by atoms with Crippen LogP contribution in [0.5, 0.6) is 0 Å². The largest absolute Gasteiger partial charge is 0.472 e. The van der Waals surface area contributed by atoms with Gasteiger partial charge in [-0.2, -0.15) is 0 Å². The average Bonchev–Trinajstić information content (AvgIpc) is 3.10. The number of hydrogen-bond acceptors (Lipinski definition) is 5. The van der Waals surface area contributed by atoms with E-state index in [0.29, 0.717) is 30.3 Å². The number of carbonyl (C=O) groups is 1. The lowest BCUT2D eigenvalue weighted by molar-refractivity contribution is -0.870. The van der Waals surface area contributed by atoms with Crippen LogP contribution in [0.3, 0.4) is 0 Å². The summed E-state index contributed by atoms with van der Waals surface area (Å²) in [7, 11) is 1.55. The Morgan fingerprint density at radius 3 is 1.60 bits per heavy atom. The smallest absolute Gasteiger partial charge is 0.391 e. The van der Waals surface area contributed by atoms with Gasteiger partial charge < -0.3 is 19.8 Å². The molecular weight excluding hydrogens is 683 g/mol. The first-order valence-electron chi connectivity index (χ1n) is 21.2. The monoisotopic (exact) mass is 766 g/mol. The van der Waals surface area contributed by atoms with Crippen molar-refractivity contribution >= 4 is 13.7 Å². The average molecular weight is 766 g/mol. The van der Waals surface area contributed by atoms with Crippen LogP contribution in [0.15, 0.2) is 60.8 Å². The molecule has 1 amide bonds. The standard InChI is InChI=1S/C44H81N2O6P/c1-6-8-10-12-14-16-18-19-20-21-22-23-24-25-26-27-28-30-32-34-36-38-44(48)45-42(41-52-53(49,50)51-40-39-46(3,4)5)43(47)37-35-33-31-29-17-15-13-11-9-7-2/h17,20-21,23-24,26-27,29-30,32,42-43,47H,6-16,18-19,22,25,28,31,33-41H2,1-5H3,(H-,45,48,49,50)/p+1/b21-20+,24-23+,27-26+,29-17+,32-30+/t42-,43+/m0/s1. The molecule has 0 spiro atoms. The highest BCUT2D eigenvalue weighted by atomic mass is 31.2. The van der Waals surface area contributed by atoms with Crippen molar-refractivity contribution in [2.24, 2.45) is 0 Å².